The maximum absolute atomic E-state index is 12.6. The first-order valence-corrected chi connectivity index (χ1v) is 7.76. The second kappa shape index (κ2) is 5.72. The molecule has 2 rings (SSSR count). The number of nitrogens with zero attached hydrogens (tertiary/aromatic N) is 2. The van der Waals surface area contributed by atoms with E-state index in [4.69, 9.17) is 14.9 Å². The summed E-state index contributed by atoms with van der Waals surface area (Å²) in [4.78, 5) is 11.2. The summed E-state index contributed by atoms with van der Waals surface area (Å²) in [5.74, 6) is -1.36. The van der Waals surface area contributed by atoms with Gasteiger partial charge >= 0.3 is 5.97 Å². The minimum absolute atomic E-state index is 0.0475. The molecule has 3 N–H and O–H groups in total. The van der Waals surface area contributed by atoms with Crippen LogP contribution in [0.3, 0.4) is 0 Å². The van der Waals surface area contributed by atoms with Crippen LogP contribution in [0.4, 0.5) is 0 Å². The molecule has 1 fully saturated rings. The number of hydrogen-bond donors (Lipinski definition) is 3. The predicted octanol–water partition coefficient (Wildman–Crippen LogP) is -0.813. The minimum atomic E-state index is -4.07. The largest absolute Gasteiger partial charge is 0.478 e. The first-order chi connectivity index (χ1) is 9.77. The van der Waals surface area contributed by atoms with Gasteiger partial charge in [0, 0.05) is 18.8 Å². The van der Waals surface area contributed by atoms with Gasteiger partial charge in [-0.25, -0.2) is 13.2 Å². The smallest absolute Gasteiger partial charge is 0.340 e. The Morgan fingerprint density at radius 1 is 1.52 bits per heavy atom. The standard InChI is InChI=1S/C11H17N3O6S/c1-6-3-14(4-8(5-15)20-6)21(18,19)10-9(11(16)17)7(2)12-13-10/h6,8,15H,3-5H2,1-2H3,(H,12,13)(H,16,17). The number of nitrogens with one attached hydrogen (secondary N) is 1. The van der Waals surface area contributed by atoms with Gasteiger partial charge in [-0.15, -0.1) is 0 Å². The average molecular weight is 319 g/mol. The maximum Gasteiger partial charge on any atom is 0.340 e. The number of aryl methyl sites for hydroxylation is 1. The van der Waals surface area contributed by atoms with E-state index in [1.165, 1.54) is 6.92 Å². The number of aliphatic hydroxyl groups excluding tert-OH is 1. The number of sulfonamides is 1. The Balaban J connectivity index is 2.40. The molecule has 1 saturated heterocycles. The fourth-order valence-corrected chi connectivity index (χ4v) is 3.94. The van der Waals surface area contributed by atoms with Crippen molar-refractivity contribution < 1.29 is 28.2 Å². The van der Waals surface area contributed by atoms with Crippen LogP contribution >= 0.6 is 0 Å². The van der Waals surface area contributed by atoms with Crippen LogP contribution < -0.4 is 0 Å². The minimum Gasteiger partial charge on any atom is -0.478 e. The number of rotatable bonds is 4. The molecule has 0 aromatic carbocycles. The Bertz CT molecular complexity index is 640. The molecule has 0 amide bonds. The Morgan fingerprint density at radius 3 is 2.76 bits per heavy atom. The lowest BCUT2D eigenvalue weighted by molar-refractivity contribution is -0.0751. The number of H-pyrrole nitrogens is 1. The Hall–Kier alpha value is -1.49. The third kappa shape index (κ3) is 2.93. The Morgan fingerprint density at radius 2 is 2.19 bits per heavy atom. The first kappa shape index (κ1) is 15.9. The van der Waals surface area contributed by atoms with Gasteiger partial charge in [-0.05, 0) is 13.8 Å². The summed E-state index contributed by atoms with van der Waals surface area (Å²) < 4.78 is 31.6. The zero-order valence-corrected chi connectivity index (χ0v) is 12.4. The number of aliphatic hydroxyl groups is 1. The molecule has 1 aromatic rings. The summed E-state index contributed by atoms with van der Waals surface area (Å²) >= 11 is 0. The zero-order valence-electron chi connectivity index (χ0n) is 11.6. The number of carbonyl (C=O) groups is 1. The second-order valence-electron chi connectivity index (χ2n) is 4.91. The summed E-state index contributed by atoms with van der Waals surface area (Å²) in [6.45, 7) is 2.83. The topological polar surface area (TPSA) is 133 Å². The molecule has 1 aliphatic heterocycles. The summed E-state index contributed by atoms with van der Waals surface area (Å²) in [5, 5.41) is 23.8. The van der Waals surface area contributed by atoms with Crippen LogP contribution in [0, 0.1) is 6.92 Å². The molecule has 2 heterocycles. The molecule has 0 aliphatic carbocycles. The molecule has 1 aromatic heterocycles. The molecule has 1 aliphatic rings. The van der Waals surface area contributed by atoms with E-state index in [2.05, 4.69) is 10.2 Å². The quantitative estimate of drug-likeness (QED) is 0.660. The lowest BCUT2D eigenvalue weighted by Gasteiger charge is -2.34. The molecule has 21 heavy (non-hydrogen) atoms. The van der Waals surface area contributed by atoms with Gasteiger partial charge in [-0.1, -0.05) is 0 Å². The van der Waals surface area contributed by atoms with Crippen LogP contribution in [0.25, 0.3) is 0 Å². The van der Waals surface area contributed by atoms with E-state index in [1.54, 1.807) is 6.92 Å². The molecule has 0 radical (unpaired) electrons. The van der Waals surface area contributed by atoms with E-state index >= 15 is 0 Å². The van der Waals surface area contributed by atoms with E-state index < -0.39 is 33.2 Å². The number of aromatic carboxylic acids is 1. The summed E-state index contributed by atoms with van der Waals surface area (Å²) in [6.07, 6.45) is -1.05. The maximum atomic E-state index is 12.6. The molecular weight excluding hydrogens is 302 g/mol. The van der Waals surface area contributed by atoms with Crippen LogP contribution in [0.5, 0.6) is 0 Å². The molecule has 2 unspecified atom stereocenters. The highest BCUT2D eigenvalue weighted by molar-refractivity contribution is 7.89. The number of aromatic nitrogens is 2. The number of hydrogen-bond acceptors (Lipinski definition) is 6. The predicted molar refractivity (Wildman–Crippen MR) is 70.5 cm³/mol. The van der Waals surface area contributed by atoms with Crippen LogP contribution in [-0.4, -0.2) is 71.0 Å². The average Bonchev–Trinajstić information content (AvgIpc) is 2.80. The highest BCUT2D eigenvalue weighted by Gasteiger charge is 2.38. The van der Waals surface area contributed by atoms with Gasteiger partial charge in [-0.3, -0.25) is 5.10 Å². The third-order valence-electron chi connectivity index (χ3n) is 3.21. The van der Waals surface area contributed by atoms with Crippen molar-refractivity contribution in [1.82, 2.24) is 14.5 Å². The molecular formula is C11H17N3O6S. The summed E-state index contributed by atoms with van der Waals surface area (Å²) in [5.41, 5.74) is -0.198. The van der Waals surface area contributed by atoms with Gasteiger partial charge in [-0.2, -0.15) is 9.40 Å². The summed E-state index contributed by atoms with van der Waals surface area (Å²) in [6, 6.07) is 0. The Kier molecular flexibility index (Phi) is 4.33. The van der Waals surface area contributed by atoms with Crippen molar-refractivity contribution in [3.05, 3.63) is 11.3 Å². The highest BCUT2D eigenvalue weighted by Crippen LogP contribution is 2.23. The van der Waals surface area contributed by atoms with E-state index in [0.29, 0.717) is 0 Å². The highest BCUT2D eigenvalue weighted by atomic mass is 32.2. The fraction of sp³-hybridized carbons (Fsp3) is 0.636. The molecule has 10 heteroatoms. The van der Waals surface area contributed by atoms with Crippen LogP contribution in [0.15, 0.2) is 5.03 Å². The first-order valence-electron chi connectivity index (χ1n) is 6.32. The fourth-order valence-electron chi connectivity index (χ4n) is 2.27. The lowest BCUT2D eigenvalue weighted by atomic mass is 10.2. The number of ether oxygens (including phenoxy) is 1. The number of carboxylic acids is 1. The lowest BCUT2D eigenvalue weighted by Crippen LogP contribution is -2.50. The Labute approximate surface area is 121 Å². The normalized spacial score (nSPS) is 24.1. The molecule has 0 saturated carbocycles. The van der Waals surface area contributed by atoms with E-state index in [9.17, 15) is 13.2 Å². The van der Waals surface area contributed by atoms with E-state index in [1.807, 2.05) is 0 Å². The van der Waals surface area contributed by atoms with Crippen LogP contribution in [0.1, 0.15) is 23.0 Å². The zero-order chi connectivity index (χ0) is 15.8. The van der Waals surface area contributed by atoms with Crippen molar-refractivity contribution in [2.75, 3.05) is 19.7 Å². The molecule has 0 bridgehead atoms. The molecule has 2 atom stereocenters. The van der Waals surface area contributed by atoms with Crippen molar-refractivity contribution >= 4 is 16.0 Å². The van der Waals surface area contributed by atoms with Crippen molar-refractivity contribution in [2.24, 2.45) is 0 Å². The van der Waals surface area contributed by atoms with Gasteiger partial charge in [0.1, 0.15) is 5.56 Å². The SMILES string of the molecule is Cc1[nH]nc(S(=O)(=O)N2CC(C)OC(CO)C2)c1C(=O)O. The van der Waals surface area contributed by atoms with Crippen molar-refractivity contribution in [3.8, 4) is 0 Å². The molecule has 0 spiro atoms. The molecule has 118 valence electrons. The van der Waals surface area contributed by atoms with Gasteiger partial charge in [0.15, 0.2) is 0 Å². The second-order valence-corrected chi connectivity index (χ2v) is 6.76. The number of carboxylic acid groups (broad SMARTS) is 1. The van der Waals surface area contributed by atoms with Gasteiger partial charge in [0.25, 0.3) is 10.0 Å². The van der Waals surface area contributed by atoms with Crippen molar-refractivity contribution in [2.45, 2.75) is 31.1 Å². The van der Waals surface area contributed by atoms with Crippen LogP contribution in [-0.2, 0) is 14.8 Å². The van der Waals surface area contributed by atoms with Crippen molar-refractivity contribution in [3.63, 3.8) is 0 Å². The van der Waals surface area contributed by atoms with Crippen molar-refractivity contribution in [1.29, 1.82) is 0 Å². The van der Waals surface area contributed by atoms with E-state index in [-0.39, 0.29) is 31.0 Å². The van der Waals surface area contributed by atoms with Gasteiger partial charge < -0.3 is 14.9 Å². The summed E-state index contributed by atoms with van der Waals surface area (Å²) in [7, 11) is -4.07. The number of aromatic amines is 1. The van der Waals surface area contributed by atoms with Crippen LogP contribution in [0.2, 0.25) is 0 Å². The molecule has 9 nitrogen and oxygen atoms in total. The van der Waals surface area contributed by atoms with E-state index in [0.717, 1.165) is 4.31 Å². The van der Waals surface area contributed by atoms with Gasteiger partial charge in [0.2, 0.25) is 5.03 Å². The monoisotopic (exact) mass is 319 g/mol. The van der Waals surface area contributed by atoms with Gasteiger partial charge in [0.05, 0.1) is 18.8 Å². The number of morpholine rings is 1. The third-order valence-corrected chi connectivity index (χ3v) is 4.97.